The molecule has 0 aliphatic rings. The van der Waals surface area contributed by atoms with Crippen molar-refractivity contribution in [2.75, 3.05) is 40.5 Å². The highest BCUT2D eigenvalue weighted by Crippen LogP contribution is 2.43. The van der Waals surface area contributed by atoms with Crippen molar-refractivity contribution < 1.29 is 37.6 Å². The molecule has 0 aliphatic carbocycles. The Kier molecular flexibility index (Phi) is 37.0. The number of carbonyl (C=O) groups excluding carboxylic acids is 2. The van der Waals surface area contributed by atoms with Gasteiger partial charge >= 0.3 is 19.8 Å². The average Bonchev–Trinajstić information content (AvgIpc) is 3.15. The molecule has 10 heteroatoms. The Morgan fingerprint density at radius 2 is 0.982 bits per heavy atom. The first-order chi connectivity index (χ1) is 26.7. The summed E-state index contributed by atoms with van der Waals surface area (Å²) in [4.78, 5) is 36.9. The Hall–Kier alpha value is -3.07. The van der Waals surface area contributed by atoms with Crippen molar-refractivity contribution >= 4 is 19.8 Å². The number of rotatable bonds is 36. The Balaban J connectivity index is 4.47. The largest absolute Gasteiger partial charge is 0.472 e. The first-order valence-electron chi connectivity index (χ1n) is 20.5. The Morgan fingerprint density at radius 3 is 1.47 bits per heavy atom. The predicted octanol–water partition coefficient (Wildman–Crippen LogP) is 11.6. The summed E-state index contributed by atoms with van der Waals surface area (Å²) < 4.78 is 33.3. The van der Waals surface area contributed by atoms with Crippen LogP contribution in [0.5, 0.6) is 0 Å². The van der Waals surface area contributed by atoms with Crippen molar-refractivity contribution in [1.29, 1.82) is 0 Å². The third kappa shape index (κ3) is 40.4. The molecule has 0 amide bonds. The Bertz CT molecular complexity index is 1230. The third-order valence-corrected chi connectivity index (χ3v) is 8.87. The first kappa shape index (κ1) is 51.9. The van der Waals surface area contributed by atoms with Gasteiger partial charge in [0.1, 0.15) is 6.61 Å². The average molecular weight is 788 g/mol. The molecular formula is C45H74NO8P. The number of esters is 2. The van der Waals surface area contributed by atoms with Gasteiger partial charge in [-0.3, -0.25) is 18.6 Å². The summed E-state index contributed by atoms with van der Waals surface area (Å²) in [6.07, 6.45) is 48.9. The number of phosphoric acid groups is 1. The summed E-state index contributed by atoms with van der Waals surface area (Å²) in [5, 5.41) is 0. The molecule has 0 rings (SSSR count). The molecule has 0 saturated heterocycles. The second-order valence-electron chi connectivity index (χ2n) is 13.4. The van der Waals surface area contributed by atoms with Crippen LogP contribution in [0.2, 0.25) is 0 Å². The number of hydrogen-bond acceptors (Lipinski definition) is 8. The van der Waals surface area contributed by atoms with Crippen molar-refractivity contribution in [3.63, 3.8) is 0 Å². The van der Waals surface area contributed by atoms with E-state index in [0.717, 1.165) is 89.9 Å². The van der Waals surface area contributed by atoms with E-state index in [1.807, 2.05) is 14.1 Å². The zero-order chi connectivity index (χ0) is 40.5. The minimum atomic E-state index is -4.38. The topological polar surface area (TPSA) is 112 Å². The summed E-state index contributed by atoms with van der Waals surface area (Å²) in [6.45, 7) is 3.98. The second kappa shape index (κ2) is 39.2. The van der Waals surface area contributed by atoms with E-state index in [1.54, 1.807) is 4.90 Å². The summed E-state index contributed by atoms with van der Waals surface area (Å²) in [5.74, 6) is -0.892. The fraction of sp³-hybridized carbons (Fsp3) is 0.600. The maximum absolute atomic E-state index is 12.6. The summed E-state index contributed by atoms with van der Waals surface area (Å²) >= 11 is 0. The fourth-order valence-corrected chi connectivity index (χ4v) is 5.53. The van der Waals surface area contributed by atoms with Gasteiger partial charge in [-0.1, -0.05) is 124 Å². The number of phosphoric ester groups is 1. The normalized spacial score (nSPS) is 14.4. The number of unbranched alkanes of at least 4 members (excludes halogenated alkanes) is 6. The van der Waals surface area contributed by atoms with Crippen LogP contribution in [0.15, 0.2) is 97.2 Å². The van der Waals surface area contributed by atoms with E-state index in [0.29, 0.717) is 19.4 Å². The van der Waals surface area contributed by atoms with Crippen molar-refractivity contribution in [1.82, 2.24) is 4.90 Å². The van der Waals surface area contributed by atoms with Crippen molar-refractivity contribution in [2.24, 2.45) is 0 Å². The number of allylic oxidation sites excluding steroid dienone is 16. The van der Waals surface area contributed by atoms with Gasteiger partial charge < -0.3 is 19.3 Å². The molecule has 9 nitrogen and oxygen atoms in total. The van der Waals surface area contributed by atoms with Crippen LogP contribution in [-0.2, 0) is 32.7 Å². The molecule has 2 atom stereocenters. The fourth-order valence-electron chi connectivity index (χ4n) is 4.78. The van der Waals surface area contributed by atoms with E-state index in [-0.39, 0.29) is 26.1 Å². The highest BCUT2D eigenvalue weighted by molar-refractivity contribution is 7.47. The molecule has 0 aromatic rings. The lowest BCUT2D eigenvalue weighted by Crippen LogP contribution is -2.29. The van der Waals surface area contributed by atoms with Crippen LogP contribution in [0.3, 0.4) is 0 Å². The molecule has 312 valence electrons. The van der Waals surface area contributed by atoms with Gasteiger partial charge in [-0.2, -0.15) is 0 Å². The van der Waals surface area contributed by atoms with Gasteiger partial charge in [-0.25, -0.2) is 4.57 Å². The first-order valence-corrected chi connectivity index (χ1v) is 22.0. The van der Waals surface area contributed by atoms with E-state index < -0.39 is 32.5 Å². The van der Waals surface area contributed by atoms with Crippen LogP contribution >= 0.6 is 7.82 Å². The van der Waals surface area contributed by atoms with E-state index in [9.17, 15) is 19.0 Å². The standard InChI is InChI=1S/C45H74NO8P/c1-5-7-9-11-13-15-17-19-21-22-24-26-28-30-32-34-36-38-45(48)54-43(42-53-55(49,50)52-40-39-46(3)4)41-51-44(47)37-35-33-31-29-27-25-23-20-18-16-14-12-10-8-6-2/h7-10,13-16,19-21,23-24,26-27,29,43H,5-6,11-12,17-18,22,25,28,30-42H2,1-4H3,(H,49,50)/b9-7-,10-8-,15-13-,16-14-,21-19-,23-20-,26-24-,29-27-. The molecular weight excluding hydrogens is 713 g/mol. The van der Waals surface area contributed by atoms with Gasteiger partial charge in [-0.05, 0) is 104 Å². The maximum atomic E-state index is 12.6. The molecule has 0 spiro atoms. The molecule has 0 radical (unpaired) electrons. The van der Waals surface area contributed by atoms with E-state index in [2.05, 4.69) is 111 Å². The predicted molar refractivity (Wildman–Crippen MR) is 229 cm³/mol. The summed E-state index contributed by atoms with van der Waals surface area (Å²) in [7, 11) is -0.759. The molecule has 55 heavy (non-hydrogen) atoms. The van der Waals surface area contributed by atoms with Crippen molar-refractivity contribution in [3.8, 4) is 0 Å². The van der Waals surface area contributed by atoms with Crippen molar-refractivity contribution in [3.05, 3.63) is 97.2 Å². The van der Waals surface area contributed by atoms with Crippen LogP contribution in [0.1, 0.15) is 129 Å². The summed E-state index contributed by atoms with van der Waals surface area (Å²) in [6, 6.07) is 0. The second-order valence-corrected chi connectivity index (χ2v) is 14.8. The van der Waals surface area contributed by atoms with Gasteiger partial charge in [0.15, 0.2) is 6.10 Å². The zero-order valence-corrected chi connectivity index (χ0v) is 35.5. The summed E-state index contributed by atoms with van der Waals surface area (Å²) in [5.41, 5.74) is 0. The smallest absolute Gasteiger partial charge is 0.462 e. The van der Waals surface area contributed by atoms with Gasteiger partial charge in [-0.15, -0.1) is 0 Å². The van der Waals surface area contributed by atoms with Gasteiger partial charge in [0.2, 0.25) is 0 Å². The van der Waals surface area contributed by atoms with Gasteiger partial charge in [0, 0.05) is 19.4 Å². The number of likely N-dealkylation sites (N-methyl/N-ethyl adjacent to an activating group) is 1. The quantitative estimate of drug-likeness (QED) is 0.0287. The molecule has 0 aromatic carbocycles. The number of nitrogens with zero attached hydrogens (tertiary/aromatic N) is 1. The molecule has 0 saturated carbocycles. The van der Waals surface area contributed by atoms with E-state index in [1.165, 1.54) is 0 Å². The molecule has 0 bridgehead atoms. The number of ether oxygens (including phenoxy) is 2. The Morgan fingerprint density at radius 1 is 0.564 bits per heavy atom. The van der Waals surface area contributed by atoms with Gasteiger partial charge in [0.05, 0.1) is 13.2 Å². The van der Waals surface area contributed by atoms with Crippen LogP contribution in [0, 0.1) is 0 Å². The molecule has 2 unspecified atom stereocenters. The molecule has 0 fully saturated rings. The van der Waals surface area contributed by atoms with E-state index in [4.69, 9.17) is 18.5 Å². The minimum absolute atomic E-state index is 0.0105. The van der Waals surface area contributed by atoms with E-state index >= 15 is 0 Å². The van der Waals surface area contributed by atoms with Crippen molar-refractivity contribution in [2.45, 2.75) is 136 Å². The minimum Gasteiger partial charge on any atom is -0.462 e. The number of carbonyl (C=O) groups is 2. The van der Waals surface area contributed by atoms with Gasteiger partial charge in [0.25, 0.3) is 0 Å². The third-order valence-electron chi connectivity index (χ3n) is 7.89. The molecule has 0 heterocycles. The molecule has 0 aliphatic heterocycles. The van der Waals surface area contributed by atoms with Crippen LogP contribution in [-0.4, -0.2) is 68.3 Å². The van der Waals surface area contributed by atoms with Crippen LogP contribution < -0.4 is 0 Å². The lowest BCUT2D eigenvalue weighted by Gasteiger charge is -2.20. The lowest BCUT2D eigenvalue weighted by molar-refractivity contribution is -0.161. The highest BCUT2D eigenvalue weighted by Gasteiger charge is 2.26. The van der Waals surface area contributed by atoms with Crippen LogP contribution in [0.4, 0.5) is 0 Å². The maximum Gasteiger partial charge on any atom is 0.472 e. The molecule has 1 N–H and O–H groups in total. The SMILES string of the molecule is CC/C=C\C/C=C\C/C=C\C/C=C\CCCCCCC(=O)OC(COC(=O)CCCC/C=C\C/C=C\C/C=C\C/C=C\CC)COP(=O)(O)OCCN(C)C. The molecule has 0 aromatic heterocycles. The van der Waals surface area contributed by atoms with Crippen LogP contribution in [0.25, 0.3) is 0 Å². The number of hydrogen-bond donors (Lipinski definition) is 1. The highest BCUT2D eigenvalue weighted by atomic mass is 31.2. The monoisotopic (exact) mass is 788 g/mol. The lowest BCUT2D eigenvalue weighted by atomic mass is 10.1. The Labute approximate surface area is 334 Å². The zero-order valence-electron chi connectivity index (χ0n) is 34.6.